The first-order chi connectivity index (χ1) is 15.7. The molecule has 0 aliphatic carbocycles. The second kappa shape index (κ2) is 7.85. The lowest BCUT2D eigenvalue weighted by molar-refractivity contribution is 0.109. The van der Waals surface area contributed by atoms with E-state index < -0.39 is 11.5 Å². The number of fused-ring (bicyclic) bond motifs is 4. The topological polar surface area (TPSA) is 79.0 Å². The minimum absolute atomic E-state index is 0.00984. The van der Waals surface area contributed by atoms with E-state index in [9.17, 15) is 4.39 Å². The van der Waals surface area contributed by atoms with Gasteiger partial charge >= 0.3 is 0 Å². The first-order valence-electron chi connectivity index (χ1n) is 10.9. The maximum atomic E-state index is 14.4. The molecule has 7 heteroatoms. The quantitative estimate of drug-likeness (QED) is 0.569. The molecule has 0 saturated carbocycles. The molecular formula is C26H26FN3O3. The van der Waals surface area contributed by atoms with E-state index in [0.29, 0.717) is 40.8 Å². The van der Waals surface area contributed by atoms with Gasteiger partial charge in [0.25, 0.3) is 0 Å². The number of halogens is 1. The van der Waals surface area contributed by atoms with Gasteiger partial charge in [0, 0.05) is 22.9 Å². The summed E-state index contributed by atoms with van der Waals surface area (Å²) in [6.07, 6.45) is 1.43. The van der Waals surface area contributed by atoms with Crippen LogP contribution in [0.25, 0.3) is 11.1 Å². The summed E-state index contributed by atoms with van der Waals surface area (Å²) in [6, 6.07) is 14.6. The molecule has 1 spiro atoms. The Balaban J connectivity index is 1.66. The van der Waals surface area contributed by atoms with Gasteiger partial charge in [-0.3, -0.25) is 4.99 Å². The van der Waals surface area contributed by atoms with Crippen LogP contribution in [0.3, 0.4) is 0 Å². The zero-order valence-corrected chi connectivity index (χ0v) is 18.9. The predicted octanol–water partition coefficient (Wildman–Crippen LogP) is 5.05. The van der Waals surface area contributed by atoms with E-state index in [0.717, 1.165) is 11.1 Å². The standard InChI is InChI=1S/C26H26FN3O3/c1-25(2,3)14-32-17-7-9-22-20(12-17)26(15-31-13-23(28)30-26)19-11-16(6-8-21(19)33-22)18-5-4-10-29-24(18)27/h4-12H,13-15H2,1-3H3,(H2,28,30)/t26-/m0/s1. The number of pyridine rings is 1. The van der Waals surface area contributed by atoms with Gasteiger partial charge in [0.2, 0.25) is 5.95 Å². The molecule has 33 heavy (non-hydrogen) atoms. The van der Waals surface area contributed by atoms with Crippen LogP contribution in [-0.2, 0) is 10.3 Å². The summed E-state index contributed by atoms with van der Waals surface area (Å²) in [5.41, 5.74) is 7.87. The van der Waals surface area contributed by atoms with Gasteiger partial charge in [0.05, 0.1) is 13.2 Å². The Labute approximate surface area is 192 Å². The fourth-order valence-electron chi connectivity index (χ4n) is 4.17. The highest BCUT2D eigenvalue weighted by Gasteiger charge is 2.45. The average Bonchev–Trinajstić information content (AvgIpc) is 2.78. The molecule has 5 rings (SSSR count). The zero-order valence-electron chi connectivity index (χ0n) is 18.9. The van der Waals surface area contributed by atoms with Gasteiger partial charge in [-0.2, -0.15) is 4.39 Å². The minimum atomic E-state index is -0.930. The summed E-state index contributed by atoms with van der Waals surface area (Å²) in [7, 11) is 0. The highest BCUT2D eigenvalue weighted by Crippen LogP contribution is 2.52. The van der Waals surface area contributed by atoms with Crippen molar-refractivity contribution in [2.24, 2.45) is 16.1 Å². The van der Waals surface area contributed by atoms with Gasteiger partial charge in [-0.1, -0.05) is 26.8 Å². The van der Waals surface area contributed by atoms with Crippen LogP contribution in [0.1, 0.15) is 31.9 Å². The summed E-state index contributed by atoms with van der Waals surface area (Å²) in [5.74, 6) is 1.85. The zero-order chi connectivity index (χ0) is 23.2. The summed E-state index contributed by atoms with van der Waals surface area (Å²) in [5, 5.41) is 0. The van der Waals surface area contributed by atoms with Crippen molar-refractivity contribution < 1.29 is 18.6 Å². The Morgan fingerprint density at radius 2 is 1.85 bits per heavy atom. The van der Waals surface area contributed by atoms with Gasteiger partial charge in [0.1, 0.15) is 35.2 Å². The third kappa shape index (κ3) is 3.93. The van der Waals surface area contributed by atoms with E-state index in [2.05, 4.69) is 25.8 Å². The molecule has 6 nitrogen and oxygen atoms in total. The molecule has 1 atom stereocenters. The van der Waals surface area contributed by atoms with Crippen LogP contribution in [0.15, 0.2) is 59.7 Å². The molecule has 0 saturated heterocycles. The predicted molar refractivity (Wildman–Crippen MR) is 124 cm³/mol. The highest BCUT2D eigenvalue weighted by molar-refractivity contribution is 5.84. The van der Waals surface area contributed by atoms with E-state index in [1.165, 1.54) is 6.20 Å². The van der Waals surface area contributed by atoms with Crippen molar-refractivity contribution in [3.8, 4) is 28.4 Å². The Kier molecular flexibility index (Phi) is 5.09. The van der Waals surface area contributed by atoms with E-state index in [-0.39, 0.29) is 18.6 Å². The first kappa shape index (κ1) is 21.4. The molecule has 3 aromatic rings. The van der Waals surface area contributed by atoms with Gasteiger partial charge < -0.3 is 19.9 Å². The van der Waals surface area contributed by atoms with Crippen molar-refractivity contribution >= 4 is 5.84 Å². The maximum absolute atomic E-state index is 14.4. The molecule has 0 bridgehead atoms. The molecule has 2 aliphatic rings. The molecule has 3 heterocycles. The SMILES string of the molecule is CC(C)(C)COc1ccc2c(c1)[C@]1(COCC(N)=N1)c1cc(-c3cccnc3F)ccc1O2. The van der Waals surface area contributed by atoms with Crippen LogP contribution in [0.2, 0.25) is 0 Å². The largest absolute Gasteiger partial charge is 0.493 e. The molecule has 1 aromatic heterocycles. The second-order valence-corrected chi connectivity index (χ2v) is 9.62. The molecule has 2 aliphatic heterocycles. The fourth-order valence-corrected chi connectivity index (χ4v) is 4.17. The molecule has 0 radical (unpaired) electrons. The monoisotopic (exact) mass is 447 g/mol. The minimum Gasteiger partial charge on any atom is -0.493 e. The van der Waals surface area contributed by atoms with Crippen LogP contribution in [-0.4, -0.2) is 30.6 Å². The summed E-state index contributed by atoms with van der Waals surface area (Å²) in [6.45, 7) is 7.44. The van der Waals surface area contributed by atoms with Crippen LogP contribution < -0.4 is 15.2 Å². The Bertz CT molecular complexity index is 1250. The molecule has 0 fully saturated rings. The number of rotatable bonds is 3. The smallest absolute Gasteiger partial charge is 0.220 e. The third-order valence-corrected chi connectivity index (χ3v) is 5.68. The maximum Gasteiger partial charge on any atom is 0.220 e. The average molecular weight is 448 g/mol. The van der Waals surface area contributed by atoms with Gasteiger partial charge in [-0.25, -0.2) is 4.98 Å². The molecule has 0 unspecified atom stereocenters. The number of hydrogen-bond acceptors (Lipinski definition) is 6. The van der Waals surface area contributed by atoms with Crippen molar-refractivity contribution in [3.05, 3.63) is 71.8 Å². The summed E-state index contributed by atoms with van der Waals surface area (Å²) < 4.78 is 32.6. The number of hydrogen-bond donors (Lipinski definition) is 1. The van der Waals surface area contributed by atoms with Gasteiger partial charge in [0.15, 0.2) is 0 Å². The number of nitrogens with two attached hydrogens (primary N) is 1. The second-order valence-electron chi connectivity index (χ2n) is 9.62. The van der Waals surface area contributed by atoms with Crippen LogP contribution in [0, 0.1) is 11.4 Å². The Morgan fingerprint density at radius 3 is 2.58 bits per heavy atom. The lowest BCUT2D eigenvalue weighted by Crippen LogP contribution is -2.42. The number of aromatic nitrogens is 1. The summed E-state index contributed by atoms with van der Waals surface area (Å²) in [4.78, 5) is 8.67. The molecule has 0 amide bonds. The van der Waals surface area contributed by atoms with Crippen molar-refractivity contribution in [2.45, 2.75) is 26.3 Å². The lowest BCUT2D eigenvalue weighted by atomic mass is 9.79. The van der Waals surface area contributed by atoms with E-state index >= 15 is 0 Å². The number of amidine groups is 1. The number of benzene rings is 2. The summed E-state index contributed by atoms with van der Waals surface area (Å²) >= 11 is 0. The number of ether oxygens (including phenoxy) is 3. The first-order valence-corrected chi connectivity index (χ1v) is 10.9. The van der Waals surface area contributed by atoms with Crippen molar-refractivity contribution in [1.29, 1.82) is 0 Å². The highest BCUT2D eigenvalue weighted by atomic mass is 19.1. The van der Waals surface area contributed by atoms with Crippen LogP contribution >= 0.6 is 0 Å². The van der Waals surface area contributed by atoms with E-state index in [1.54, 1.807) is 12.1 Å². The molecular weight excluding hydrogens is 421 g/mol. The van der Waals surface area contributed by atoms with Gasteiger partial charge in [-0.05, 0) is 53.4 Å². The molecule has 170 valence electrons. The fraction of sp³-hybridized carbons (Fsp3) is 0.308. The Morgan fingerprint density at radius 1 is 1.09 bits per heavy atom. The van der Waals surface area contributed by atoms with Gasteiger partial charge in [-0.15, -0.1) is 0 Å². The van der Waals surface area contributed by atoms with Crippen molar-refractivity contribution in [1.82, 2.24) is 4.98 Å². The van der Waals surface area contributed by atoms with Crippen LogP contribution in [0.5, 0.6) is 17.2 Å². The van der Waals surface area contributed by atoms with E-state index in [4.69, 9.17) is 24.9 Å². The normalized spacial score (nSPS) is 19.3. The Hall–Kier alpha value is -3.45. The molecule has 2 N–H and O–H groups in total. The third-order valence-electron chi connectivity index (χ3n) is 5.68. The number of nitrogens with zero attached hydrogens (tertiary/aromatic N) is 2. The number of aliphatic imine (C=N–C) groups is 1. The van der Waals surface area contributed by atoms with E-state index in [1.807, 2.05) is 36.4 Å². The van der Waals surface area contributed by atoms with Crippen LogP contribution in [0.4, 0.5) is 4.39 Å². The molecule has 2 aromatic carbocycles. The van der Waals surface area contributed by atoms with Crippen molar-refractivity contribution in [2.75, 3.05) is 19.8 Å². The lowest BCUT2D eigenvalue weighted by Gasteiger charge is -2.39. The van der Waals surface area contributed by atoms with Crippen molar-refractivity contribution in [3.63, 3.8) is 0 Å².